The van der Waals surface area contributed by atoms with E-state index >= 15 is 0 Å². The molecule has 3 rings (SSSR count). The third-order valence-corrected chi connectivity index (χ3v) is 3.04. The van der Waals surface area contributed by atoms with Crippen LogP contribution in [0.1, 0.15) is 5.69 Å². The molecule has 4 nitrogen and oxygen atoms in total. The summed E-state index contributed by atoms with van der Waals surface area (Å²) in [6.07, 6.45) is 3.68. The first kappa shape index (κ1) is 7.99. The molecule has 1 aliphatic rings. The van der Waals surface area contributed by atoms with Crippen LogP contribution in [0.25, 0.3) is 5.65 Å². The van der Waals surface area contributed by atoms with E-state index in [2.05, 4.69) is 15.1 Å². The van der Waals surface area contributed by atoms with Crippen molar-refractivity contribution < 1.29 is 0 Å². The number of thioether (sulfide) groups is 1. The van der Waals surface area contributed by atoms with Crippen LogP contribution in [0.15, 0.2) is 29.5 Å². The fourth-order valence-electron chi connectivity index (χ4n) is 1.42. The Morgan fingerprint density at radius 1 is 1.43 bits per heavy atom. The van der Waals surface area contributed by atoms with Gasteiger partial charge in [-0.3, -0.25) is 4.99 Å². The van der Waals surface area contributed by atoms with Crippen LogP contribution in [0.2, 0.25) is 0 Å². The molecule has 0 unspecified atom stereocenters. The third-order valence-electron chi connectivity index (χ3n) is 2.04. The molecule has 0 amide bonds. The van der Waals surface area contributed by atoms with Crippen molar-refractivity contribution in [3.63, 3.8) is 0 Å². The molecule has 14 heavy (non-hydrogen) atoms. The number of aromatic nitrogens is 3. The van der Waals surface area contributed by atoms with Crippen molar-refractivity contribution in [1.82, 2.24) is 14.6 Å². The van der Waals surface area contributed by atoms with Crippen LogP contribution in [-0.4, -0.2) is 31.9 Å². The maximum Gasteiger partial charge on any atom is 0.154 e. The molecule has 3 heterocycles. The minimum atomic E-state index is 0.873. The van der Waals surface area contributed by atoms with Gasteiger partial charge < -0.3 is 0 Å². The summed E-state index contributed by atoms with van der Waals surface area (Å²) >= 11 is 1.76. The number of rotatable bonds is 1. The number of nitrogens with zero attached hydrogens (tertiary/aromatic N) is 4. The van der Waals surface area contributed by atoms with E-state index in [0.29, 0.717) is 0 Å². The second kappa shape index (κ2) is 3.09. The molecule has 1 aliphatic heterocycles. The van der Waals surface area contributed by atoms with E-state index in [9.17, 15) is 0 Å². The molecule has 5 heteroatoms. The molecule has 0 N–H and O–H groups in total. The Bertz CT molecular complexity index is 469. The number of hydrogen-bond donors (Lipinski definition) is 0. The lowest BCUT2D eigenvalue weighted by atomic mass is 10.5. The Balaban J connectivity index is 2.14. The Kier molecular flexibility index (Phi) is 1.77. The summed E-state index contributed by atoms with van der Waals surface area (Å²) in [6.45, 7) is 0.904. The van der Waals surface area contributed by atoms with Crippen molar-refractivity contribution in [3.05, 3.63) is 30.2 Å². The predicted octanol–water partition coefficient (Wildman–Crippen LogP) is 1.22. The summed E-state index contributed by atoms with van der Waals surface area (Å²) in [5.74, 6) is 1.07. The summed E-state index contributed by atoms with van der Waals surface area (Å²) in [5.41, 5.74) is 1.81. The van der Waals surface area contributed by atoms with E-state index in [-0.39, 0.29) is 0 Å². The zero-order valence-electron chi connectivity index (χ0n) is 7.42. The molecule has 70 valence electrons. The molecular formula is C9H8N4S. The van der Waals surface area contributed by atoms with E-state index in [1.807, 2.05) is 18.3 Å². The zero-order valence-corrected chi connectivity index (χ0v) is 8.24. The first-order valence-electron chi connectivity index (χ1n) is 4.41. The highest BCUT2D eigenvalue weighted by Gasteiger charge is 2.13. The lowest BCUT2D eigenvalue weighted by Crippen LogP contribution is -1.90. The Morgan fingerprint density at radius 2 is 2.43 bits per heavy atom. The molecule has 0 atom stereocenters. The fraction of sp³-hybridized carbons (Fsp3) is 0.222. The van der Waals surface area contributed by atoms with Crippen LogP contribution in [0.4, 0.5) is 0 Å². The molecule has 0 saturated heterocycles. The van der Waals surface area contributed by atoms with Crippen LogP contribution in [0.3, 0.4) is 0 Å². The molecule has 0 spiro atoms. The number of hydrogen-bond acceptors (Lipinski definition) is 4. The van der Waals surface area contributed by atoms with Crippen molar-refractivity contribution in [3.8, 4) is 0 Å². The molecule has 0 saturated carbocycles. The van der Waals surface area contributed by atoms with Gasteiger partial charge >= 0.3 is 0 Å². The second-order valence-corrected chi connectivity index (χ2v) is 4.07. The average Bonchev–Trinajstić information content (AvgIpc) is 2.86. The van der Waals surface area contributed by atoms with Crippen molar-refractivity contribution in [1.29, 1.82) is 0 Å². The topological polar surface area (TPSA) is 42.5 Å². The first-order chi connectivity index (χ1) is 6.93. The summed E-state index contributed by atoms with van der Waals surface area (Å²) < 4.78 is 1.77. The minimum absolute atomic E-state index is 0.873. The Morgan fingerprint density at radius 3 is 3.21 bits per heavy atom. The minimum Gasteiger partial charge on any atom is -0.275 e. The zero-order chi connectivity index (χ0) is 9.38. The summed E-state index contributed by atoms with van der Waals surface area (Å²) in [6, 6.07) is 3.83. The quantitative estimate of drug-likeness (QED) is 0.701. The molecule has 2 aromatic heterocycles. The Hall–Kier alpha value is -1.36. The predicted molar refractivity (Wildman–Crippen MR) is 56.8 cm³/mol. The van der Waals surface area contributed by atoms with E-state index in [4.69, 9.17) is 0 Å². The smallest absolute Gasteiger partial charge is 0.154 e. The highest BCUT2D eigenvalue weighted by molar-refractivity contribution is 8.14. The molecular weight excluding hydrogens is 196 g/mol. The molecule has 0 aliphatic carbocycles. The van der Waals surface area contributed by atoms with Gasteiger partial charge in [-0.2, -0.15) is 5.10 Å². The van der Waals surface area contributed by atoms with E-state index in [0.717, 1.165) is 28.7 Å². The average molecular weight is 204 g/mol. The van der Waals surface area contributed by atoms with Crippen LogP contribution in [0.5, 0.6) is 0 Å². The monoisotopic (exact) mass is 204 g/mol. The van der Waals surface area contributed by atoms with E-state index < -0.39 is 0 Å². The van der Waals surface area contributed by atoms with Gasteiger partial charge in [-0.1, -0.05) is 0 Å². The van der Waals surface area contributed by atoms with Crippen molar-refractivity contribution in [2.45, 2.75) is 0 Å². The fourth-order valence-corrected chi connectivity index (χ4v) is 2.23. The molecule has 0 fully saturated rings. The molecule has 0 bridgehead atoms. The molecule has 0 radical (unpaired) electrons. The van der Waals surface area contributed by atoms with Gasteiger partial charge in [0, 0.05) is 18.5 Å². The lowest BCUT2D eigenvalue weighted by molar-refractivity contribution is 0.935. The van der Waals surface area contributed by atoms with E-state index in [1.165, 1.54) is 0 Å². The number of fused-ring (bicyclic) bond motifs is 1. The highest BCUT2D eigenvalue weighted by atomic mass is 32.2. The van der Waals surface area contributed by atoms with Crippen LogP contribution >= 0.6 is 11.8 Å². The van der Waals surface area contributed by atoms with Gasteiger partial charge in [0.1, 0.15) is 10.7 Å². The van der Waals surface area contributed by atoms with Crippen LogP contribution < -0.4 is 0 Å². The third kappa shape index (κ3) is 1.21. The Labute approximate surface area is 85.1 Å². The van der Waals surface area contributed by atoms with Gasteiger partial charge in [0.15, 0.2) is 5.65 Å². The van der Waals surface area contributed by atoms with Gasteiger partial charge in [-0.15, -0.1) is 11.8 Å². The first-order valence-corrected chi connectivity index (χ1v) is 5.40. The van der Waals surface area contributed by atoms with Gasteiger partial charge in [0.05, 0.1) is 6.20 Å². The largest absolute Gasteiger partial charge is 0.275 e. The van der Waals surface area contributed by atoms with Crippen molar-refractivity contribution >= 4 is 22.5 Å². The highest BCUT2D eigenvalue weighted by Crippen LogP contribution is 2.18. The number of imidazole rings is 1. The van der Waals surface area contributed by atoms with Gasteiger partial charge in [0.2, 0.25) is 0 Å². The van der Waals surface area contributed by atoms with Crippen LogP contribution in [-0.2, 0) is 0 Å². The normalized spacial score (nSPS) is 16.1. The summed E-state index contributed by atoms with van der Waals surface area (Å²) in [5, 5.41) is 5.20. The van der Waals surface area contributed by atoms with Gasteiger partial charge in [-0.25, -0.2) is 9.50 Å². The summed E-state index contributed by atoms with van der Waals surface area (Å²) in [7, 11) is 0. The maximum absolute atomic E-state index is 4.44. The second-order valence-electron chi connectivity index (χ2n) is 2.99. The molecule has 0 aromatic carbocycles. The lowest BCUT2D eigenvalue weighted by Gasteiger charge is -1.89. The molecule has 2 aromatic rings. The summed E-state index contributed by atoms with van der Waals surface area (Å²) in [4.78, 5) is 8.82. The standard InChI is InChI=1S/C9H8N4S/c1-2-8-12-7(6-13(8)11-3-1)9-10-4-5-14-9/h1-3,6H,4-5H2. The van der Waals surface area contributed by atoms with Gasteiger partial charge in [0.25, 0.3) is 0 Å². The SMILES string of the molecule is c1cnn2cc(C3=NCCS3)nc2c1. The van der Waals surface area contributed by atoms with Crippen LogP contribution in [0, 0.1) is 0 Å². The maximum atomic E-state index is 4.44. The van der Waals surface area contributed by atoms with Crippen molar-refractivity contribution in [2.24, 2.45) is 4.99 Å². The number of aliphatic imine (C=N–C) groups is 1. The van der Waals surface area contributed by atoms with E-state index in [1.54, 1.807) is 22.5 Å². The van der Waals surface area contributed by atoms with Gasteiger partial charge in [-0.05, 0) is 12.1 Å². The van der Waals surface area contributed by atoms with Crippen molar-refractivity contribution in [2.75, 3.05) is 12.3 Å².